The highest BCUT2D eigenvalue weighted by molar-refractivity contribution is 5.66. The summed E-state index contributed by atoms with van der Waals surface area (Å²) < 4.78 is 10.2. The maximum atomic E-state index is 10.3. The normalized spacial score (nSPS) is 13.6. The molecule has 1 N–H and O–H groups in total. The van der Waals surface area contributed by atoms with Crippen molar-refractivity contribution in [3.63, 3.8) is 0 Å². The van der Waals surface area contributed by atoms with Crippen molar-refractivity contribution in [2.24, 2.45) is 0 Å². The fourth-order valence-electron chi connectivity index (χ4n) is 1.39. The number of hydrogen-bond acceptors (Lipinski definition) is 3. The molecule has 18 heavy (non-hydrogen) atoms. The number of methoxy groups -OCH3 is 2. The monoisotopic (exact) mass is 254 g/mol. The van der Waals surface area contributed by atoms with E-state index in [1.165, 1.54) is 0 Å². The smallest absolute Gasteiger partial charge is 0.303 e. The van der Waals surface area contributed by atoms with Crippen LogP contribution < -0.4 is 0 Å². The molecule has 0 amide bonds. The number of allylic oxidation sites excluding steroid dienone is 5. The van der Waals surface area contributed by atoms with Gasteiger partial charge < -0.3 is 14.6 Å². The van der Waals surface area contributed by atoms with Gasteiger partial charge in [0, 0.05) is 20.6 Å². The molecule has 0 aromatic rings. The second-order valence-electron chi connectivity index (χ2n) is 3.95. The van der Waals surface area contributed by atoms with Crippen LogP contribution >= 0.6 is 0 Å². The molecule has 0 aliphatic rings. The van der Waals surface area contributed by atoms with Gasteiger partial charge in [0.25, 0.3) is 0 Å². The third kappa shape index (κ3) is 7.81. The van der Waals surface area contributed by atoms with Crippen molar-refractivity contribution in [3.05, 3.63) is 35.5 Å². The molecule has 102 valence electrons. The largest absolute Gasteiger partial charge is 0.481 e. The average molecular weight is 254 g/mol. The van der Waals surface area contributed by atoms with Gasteiger partial charge in [-0.15, -0.1) is 0 Å². The van der Waals surface area contributed by atoms with Gasteiger partial charge in [0.1, 0.15) is 0 Å². The number of ether oxygens (including phenoxy) is 2. The van der Waals surface area contributed by atoms with Crippen molar-refractivity contribution in [3.8, 4) is 0 Å². The van der Waals surface area contributed by atoms with E-state index in [-0.39, 0.29) is 12.7 Å². The van der Waals surface area contributed by atoms with E-state index >= 15 is 0 Å². The summed E-state index contributed by atoms with van der Waals surface area (Å²) >= 11 is 0. The van der Waals surface area contributed by atoms with Crippen molar-refractivity contribution in [2.75, 3.05) is 14.2 Å². The van der Waals surface area contributed by atoms with Gasteiger partial charge in [-0.05, 0) is 25.8 Å². The molecular weight excluding hydrogens is 232 g/mol. The molecule has 0 aromatic carbocycles. The summed E-state index contributed by atoms with van der Waals surface area (Å²) in [5, 5.41) is 8.51. The van der Waals surface area contributed by atoms with E-state index in [0.717, 1.165) is 11.1 Å². The molecule has 0 radical (unpaired) electrons. The number of aliphatic carboxylic acids is 1. The minimum atomic E-state index is -0.776. The van der Waals surface area contributed by atoms with Crippen LogP contribution in [0.2, 0.25) is 0 Å². The summed E-state index contributed by atoms with van der Waals surface area (Å²) in [5.41, 5.74) is 2.00. The van der Waals surface area contributed by atoms with Gasteiger partial charge >= 0.3 is 5.97 Å². The van der Waals surface area contributed by atoms with Crippen LogP contribution in [0.15, 0.2) is 35.5 Å². The van der Waals surface area contributed by atoms with E-state index in [1.807, 2.05) is 38.2 Å². The van der Waals surface area contributed by atoms with Crippen LogP contribution in [-0.4, -0.2) is 31.6 Å². The molecular formula is C14H22O4. The Kier molecular flexibility index (Phi) is 8.88. The van der Waals surface area contributed by atoms with Crippen molar-refractivity contribution in [1.29, 1.82) is 0 Å². The first-order valence-electron chi connectivity index (χ1n) is 5.80. The molecule has 0 heterocycles. The first-order valence-corrected chi connectivity index (χ1v) is 5.80. The van der Waals surface area contributed by atoms with Crippen LogP contribution in [0.1, 0.15) is 26.7 Å². The molecule has 4 nitrogen and oxygen atoms in total. The highest BCUT2D eigenvalue weighted by atomic mass is 16.7. The van der Waals surface area contributed by atoms with Crippen LogP contribution in [0, 0.1) is 0 Å². The van der Waals surface area contributed by atoms with Crippen molar-refractivity contribution >= 4 is 5.97 Å². The van der Waals surface area contributed by atoms with E-state index in [2.05, 4.69) is 0 Å². The number of rotatable bonds is 8. The minimum absolute atomic E-state index is 0.162. The number of carboxylic acid groups (broad SMARTS) is 1. The Bertz CT molecular complexity index is 336. The second kappa shape index (κ2) is 9.62. The molecule has 0 aliphatic heterocycles. The average Bonchev–Trinajstić information content (AvgIpc) is 2.30. The third-order valence-electron chi connectivity index (χ3n) is 2.34. The van der Waals surface area contributed by atoms with Gasteiger partial charge in [0.05, 0.1) is 0 Å². The van der Waals surface area contributed by atoms with Gasteiger partial charge in [-0.3, -0.25) is 4.79 Å². The van der Waals surface area contributed by atoms with E-state index < -0.39 is 5.97 Å². The first kappa shape index (κ1) is 16.6. The Morgan fingerprint density at radius 1 is 1.28 bits per heavy atom. The molecule has 0 unspecified atom stereocenters. The predicted octanol–water partition coefficient (Wildman–Crippen LogP) is 2.92. The molecule has 0 bridgehead atoms. The molecule has 0 aliphatic carbocycles. The lowest BCUT2D eigenvalue weighted by Crippen LogP contribution is -2.13. The Morgan fingerprint density at radius 2 is 1.89 bits per heavy atom. The van der Waals surface area contributed by atoms with Gasteiger partial charge in [-0.1, -0.05) is 29.9 Å². The van der Waals surface area contributed by atoms with Crippen LogP contribution in [0.3, 0.4) is 0 Å². The summed E-state index contributed by atoms with van der Waals surface area (Å²) in [6, 6.07) is 0. The fraction of sp³-hybridized carbons (Fsp3) is 0.500. The van der Waals surface area contributed by atoms with Crippen LogP contribution in [0.25, 0.3) is 0 Å². The van der Waals surface area contributed by atoms with Crippen molar-refractivity contribution in [2.45, 2.75) is 33.0 Å². The summed E-state index contributed by atoms with van der Waals surface area (Å²) in [5.74, 6) is -0.776. The number of hydrogen-bond donors (Lipinski definition) is 1. The molecule has 0 spiro atoms. The van der Waals surface area contributed by atoms with Crippen LogP contribution in [0.5, 0.6) is 0 Å². The van der Waals surface area contributed by atoms with Gasteiger partial charge in [-0.25, -0.2) is 0 Å². The SMILES string of the molecule is COC(OC)/C(C)=C/C=C/C(C)=C/CCC(=O)O. The second-order valence-corrected chi connectivity index (χ2v) is 3.95. The zero-order valence-electron chi connectivity index (χ0n) is 11.5. The maximum Gasteiger partial charge on any atom is 0.303 e. The fourth-order valence-corrected chi connectivity index (χ4v) is 1.39. The molecule has 4 heteroatoms. The highest BCUT2D eigenvalue weighted by Gasteiger charge is 2.05. The van der Waals surface area contributed by atoms with Crippen LogP contribution in [-0.2, 0) is 14.3 Å². The maximum absolute atomic E-state index is 10.3. The van der Waals surface area contributed by atoms with E-state index in [0.29, 0.717) is 6.42 Å². The molecule has 0 saturated heterocycles. The lowest BCUT2D eigenvalue weighted by molar-refractivity contribution is -0.136. The quantitative estimate of drug-likeness (QED) is 0.534. The van der Waals surface area contributed by atoms with Crippen molar-refractivity contribution in [1.82, 2.24) is 0 Å². The highest BCUT2D eigenvalue weighted by Crippen LogP contribution is 2.07. The van der Waals surface area contributed by atoms with E-state index in [1.54, 1.807) is 14.2 Å². The topological polar surface area (TPSA) is 55.8 Å². The van der Waals surface area contributed by atoms with Crippen molar-refractivity contribution < 1.29 is 19.4 Å². The summed E-state index contributed by atoms with van der Waals surface area (Å²) in [6.07, 6.45) is 8.01. The van der Waals surface area contributed by atoms with Crippen LogP contribution in [0.4, 0.5) is 0 Å². The standard InChI is InChI=1S/C14H22O4/c1-11(8-6-10-13(15)16)7-5-9-12(2)14(17-3)18-4/h5,7-9,14H,6,10H2,1-4H3,(H,15,16)/b7-5+,11-8+,12-9+. The molecule has 0 fully saturated rings. The first-order chi connectivity index (χ1) is 8.51. The Balaban J connectivity index is 4.29. The lowest BCUT2D eigenvalue weighted by atomic mass is 10.2. The summed E-state index contributed by atoms with van der Waals surface area (Å²) in [6.45, 7) is 3.86. The third-order valence-corrected chi connectivity index (χ3v) is 2.34. The predicted molar refractivity (Wildman–Crippen MR) is 71.3 cm³/mol. The van der Waals surface area contributed by atoms with E-state index in [9.17, 15) is 4.79 Å². The molecule has 0 aromatic heterocycles. The molecule has 0 saturated carbocycles. The summed E-state index contributed by atoms with van der Waals surface area (Å²) in [7, 11) is 3.18. The van der Waals surface area contributed by atoms with Gasteiger partial charge in [-0.2, -0.15) is 0 Å². The molecule has 0 atom stereocenters. The molecule has 0 rings (SSSR count). The minimum Gasteiger partial charge on any atom is -0.481 e. The zero-order valence-corrected chi connectivity index (χ0v) is 11.5. The number of carboxylic acids is 1. The van der Waals surface area contributed by atoms with Gasteiger partial charge in [0.15, 0.2) is 6.29 Å². The Hall–Kier alpha value is -1.39. The lowest BCUT2D eigenvalue weighted by Gasteiger charge is -2.12. The summed E-state index contributed by atoms with van der Waals surface area (Å²) in [4.78, 5) is 10.3. The number of carbonyl (C=O) groups is 1. The van der Waals surface area contributed by atoms with Gasteiger partial charge in [0.2, 0.25) is 0 Å². The Morgan fingerprint density at radius 3 is 2.39 bits per heavy atom. The zero-order chi connectivity index (χ0) is 14.0. The van der Waals surface area contributed by atoms with E-state index in [4.69, 9.17) is 14.6 Å². The Labute approximate surface area is 109 Å².